The maximum Gasteiger partial charge on any atom is 0.149 e. The summed E-state index contributed by atoms with van der Waals surface area (Å²) >= 11 is 0. The molecule has 0 aromatic heterocycles. The molecule has 1 saturated carbocycles. The quantitative estimate of drug-likeness (QED) is 0.477. The van der Waals surface area contributed by atoms with Gasteiger partial charge in [0.05, 0.1) is 11.4 Å². The second-order valence-corrected chi connectivity index (χ2v) is 9.29. The summed E-state index contributed by atoms with van der Waals surface area (Å²) in [5, 5.41) is 7.53. The average Bonchev–Trinajstić information content (AvgIpc) is 3.17. The molecule has 7 nitrogen and oxygen atoms in total. The molecule has 4 rings (SSSR count). The van der Waals surface area contributed by atoms with Crippen molar-refractivity contribution < 1.29 is 0 Å². The van der Waals surface area contributed by atoms with Gasteiger partial charge in [0.25, 0.3) is 0 Å². The number of hydrogen-bond acceptors (Lipinski definition) is 7. The van der Waals surface area contributed by atoms with Crippen LogP contribution in [0.2, 0.25) is 0 Å². The molecule has 0 spiro atoms. The molecule has 178 valence electrons. The van der Waals surface area contributed by atoms with E-state index in [1.54, 1.807) is 0 Å². The molecular weight excluding hydrogens is 410 g/mol. The zero-order valence-corrected chi connectivity index (χ0v) is 20.5. The van der Waals surface area contributed by atoms with Crippen LogP contribution >= 0.6 is 0 Å². The molecule has 1 aromatic carbocycles. The van der Waals surface area contributed by atoms with Gasteiger partial charge in [-0.25, -0.2) is 4.99 Å². The highest BCUT2D eigenvalue weighted by atomic mass is 15.4. The SMILES string of the molecule is CC=Nc1cc(C2=C3C(N)=NC=CN3C(C3CC(NCCN(C)CC)C3)N2)ccc1CCC. The highest BCUT2D eigenvalue weighted by molar-refractivity contribution is 6.05. The normalized spacial score (nSPS) is 24.3. The fraction of sp³-hybridized carbons (Fsp3) is 0.538. The van der Waals surface area contributed by atoms with E-state index in [-0.39, 0.29) is 6.17 Å². The van der Waals surface area contributed by atoms with E-state index in [1.165, 1.54) is 5.56 Å². The molecule has 0 radical (unpaired) electrons. The van der Waals surface area contributed by atoms with Crippen molar-refractivity contribution in [1.82, 2.24) is 20.4 Å². The monoisotopic (exact) mass is 449 g/mol. The van der Waals surface area contributed by atoms with Gasteiger partial charge < -0.3 is 26.2 Å². The zero-order chi connectivity index (χ0) is 23.4. The third-order valence-electron chi connectivity index (χ3n) is 7.02. The van der Waals surface area contributed by atoms with Gasteiger partial charge in [0.2, 0.25) is 0 Å². The molecule has 2 aliphatic heterocycles. The lowest BCUT2D eigenvalue weighted by Gasteiger charge is -2.43. The predicted molar refractivity (Wildman–Crippen MR) is 138 cm³/mol. The van der Waals surface area contributed by atoms with Crippen molar-refractivity contribution in [2.45, 2.75) is 58.7 Å². The van der Waals surface area contributed by atoms with Crippen molar-refractivity contribution in [3.8, 4) is 0 Å². The largest absolute Gasteiger partial charge is 0.382 e. The van der Waals surface area contributed by atoms with Crippen molar-refractivity contribution in [3.05, 3.63) is 47.4 Å². The van der Waals surface area contributed by atoms with Gasteiger partial charge in [0.1, 0.15) is 17.7 Å². The Bertz CT molecular complexity index is 955. The van der Waals surface area contributed by atoms with Crippen molar-refractivity contribution in [2.24, 2.45) is 21.6 Å². The fourth-order valence-electron chi connectivity index (χ4n) is 4.96. The number of aryl methyl sites for hydroxylation is 1. The number of nitrogens with one attached hydrogen (secondary N) is 2. The summed E-state index contributed by atoms with van der Waals surface area (Å²) in [6.45, 7) is 9.59. The van der Waals surface area contributed by atoms with Gasteiger partial charge in [0, 0.05) is 49.2 Å². The molecule has 33 heavy (non-hydrogen) atoms. The maximum atomic E-state index is 6.39. The highest BCUT2D eigenvalue weighted by Gasteiger charge is 2.43. The van der Waals surface area contributed by atoms with Crippen LogP contribution in [0.4, 0.5) is 5.69 Å². The third-order valence-corrected chi connectivity index (χ3v) is 7.02. The highest BCUT2D eigenvalue weighted by Crippen LogP contribution is 2.40. The molecular formula is C26H39N7. The van der Waals surface area contributed by atoms with Gasteiger partial charge in [0.15, 0.2) is 0 Å². The molecule has 1 fully saturated rings. The molecule has 1 unspecified atom stereocenters. The second-order valence-electron chi connectivity index (χ2n) is 9.29. The Morgan fingerprint density at radius 3 is 2.88 bits per heavy atom. The molecule has 0 amide bonds. The van der Waals surface area contributed by atoms with Gasteiger partial charge in [-0.3, -0.25) is 4.99 Å². The van der Waals surface area contributed by atoms with Gasteiger partial charge in [-0.2, -0.15) is 0 Å². The van der Waals surface area contributed by atoms with E-state index >= 15 is 0 Å². The minimum Gasteiger partial charge on any atom is -0.382 e. The van der Waals surface area contributed by atoms with E-state index in [0.717, 1.165) is 68.0 Å². The first-order valence-electron chi connectivity index (χ1n) is 12.4. The summed E-state index contributed by atoms with van der Waals surface area (Å²) in [7, 11) is 2.17. The Morgan fingerprint density at radius 2 is 2.15 bits per heavy atom. The Morgan fingerprint density at radius 1 is 1.33 bits per heavy atom. The number of aliphatic imine (C=N–C) groups is 2. The van der Waals surface area contributed by atoms with Crippen LogP contribution in [0.1, 0.15) is 51.2 Å². The summed E-state index contributed by atoms with van der Waals surface area (Å²) in [5.41, 5.74) is 11.9. The number of amidine groups is 1. The Balaban J connectivity index is 1.50. The molecule has 2 heterocycles. The van der Waals surface area contributed by atoms with Crippen LogP contribution in [0.15, 0.2) is 46.3 Å². The number of likely N-dealkylation sites (N-methyl/N-ethyl adjacent to an activating group) is 1. The molecule has 0 saturated heterocycles. The minimum atomic E-state index is 0.199. The smallest absolute Gasteiger partial charge is 0.149 e. The first kappa shape index (κ1) is 23.5. The van der Waals surface area contributed by atoms with Crippen molar-refractivity contribution >= 4 is 23.4 Å². The van der Waals surface area contributed by atoms with E-state index in [9.17, 15) is 0 Å². The summed E-state index contributed by atoms with van der Waals surface area (Å²) in [6, 6.07) is 7.17. The third kappa shape index (κ3) is 4.99. The number of fused-ring (bicyclic) bond motifs is 1. The molecule has 1 atom stereocenters. The number of nitrogens with two attached hydrogens (primary N) is 1. The van der Waals surface area contributed by atoms with Crippen molar-refractivity contribution in [2.75, 3.05) is 26.7 Å². The summed E-state index contributed by atoms with van der Waals surface area (Å²) in [6.07, 6.45) is 10.4. The van der Waals surface area contributed by atoms with Gasteiger partial charge >= 0.3 is 0 Å². The lowest BCUT2D eigenvalue weighted by Crippen LogP contribution is -2.53. The Labute approximate surface area is 198 Å². The maximum absolute atomic E-state index is 6.39. The van der Waals surface area contributed by atoms with Crippen LogP contribution in [0.25, 0.3) is 5.70 Å². The summed E-state index contributed by atoms with van der Waals surface area (Å²) in [5.74, 6) is 1.12. The van der Waals surface area contributed by atoms with Crippen LogP contribution in [0.3, 0.4) is 0 Å². The number of benzene rings is 1. The van der Waals surface area contributed by atoms with Crippen LogP contribution in [-0.2, 0) is 6.42 Å². The van der Waals surface area contributed by atoms with E-state index in [0.29, 0.717) is 17.8 Å². The Hall–Kier alpha value is -2.64. The van der Waals surface area contributed by atoms with E-state index in [4.69, 9.17) is 5.73 Å². The lowest BCUT2D eigenvalue weighted by molar-refractivity contribution is 0.121. The second kappa shape index (κ2) is 10.5. The van der Waals surface area contributed by atoms with Crippen LogP contribution in [0.5, 0.6) is 0 Å². The van der Waals surface area contributed by atoms with Gasteiger partial charge in [-0.1, -0.05) is 32.4 Å². The standard InChI is InChI=1S/C26H39N7/c1-5-8-18-9-10-19(17-22(18)28-6-2)23-24-25(27)30-12-14-33(24)26(31-23)20-15-21(16-20)29-11-13-32(4)7-3/h6,9-10,12,14,17,20-21,26,29,31H,5,7-8,11,13,15-16H2,1-4H3,(H2,27,30). The number of nitrogens with zero attached hydrogens (tertiary/aromatic N) is 4. The first-order chi connectivity index (χ1) is 16.0. The topological polar surface area (TPSA) is 81.3 Å². The zero-order valence-electron chi connectivity index (χ0n) is 20.5. The summed E-state index contributed by atoms with van der Waals surface area (Å²) in [4.78, 5) is 13.7. The first-order valence-corrected chi connectivity index (χ1v) is 12.4. The molecule has 0 bridgehead atoms. The molecule has 7 heteroatoms. The van der Waals surface area contributed by atoms with Crippen LogP contribution in [-0.4, -0.2) is 60.7 Å². The Kier molecular flexibility index (Phi) is 7.50. The lowest BCUT2D eigenvalue weighted by atomic mass is 9.77. The molecule has 1 aliphatic carbocycles. The predicted octanol–water partition coefficient (Wildman–Crippen LogP) is 3.42. The van der Waals surface area contributed by atoms with Crippen molar-refractivity contribution in [3.63, 3.8) is 0 Å². The fourth-order valence-corrected chi connectivity index (χ4v) is 4.96. The van der Waals surface area contributed by atoms with Crippen molar-refractivity contribution in [1.29, 1.82) is 0 Å². The van der Waals surface area contributed by atoms with E-state index in [1.807, 2.05) is 19.3 Å². The average molecular weight is 450 g/mol. The van der Waals surface area contributed by atoms with Crippen LogP contribution in [0, 0.1) is 5.92 Å². The van der Waals surface area contributed by atoms with Gasteiger partial charge in [-0.05, 0) is 51.4 Å². The van der Waals surface area contributed by atoms with E-state index < -0.39 is 0 Å². The number of rotatable bonds is 10. The van der Waals surface area contributed by atoms with E-state index in [2.05, 4.69) is 75.7 Å². The minimum absolute atomic E-state index is 0.199. The molecule has 1 aromatic rings. The van der Waals surface area contributed by atoms with Crippen LogP contribution < -0.4 is 16.4 Å². The van der Waals surface area contributed by atoms with Gasteiger partial charge in [-0.15, -0.1) is 0 Å². The summed E-state index contributed by atoms with van der Waals surface area (Å²) < 4.78 is 0. The number of hydrogen-bond donors (Lipinski definition) is 3. The molecule has 3 aliphatic rings. The molecule has 4 N–H and O–H groups in total.